The van der Waals surface area contributed by atoms with Crippen LogP contribution in [0.3, 0.4) is 0 Å². The van der Waals surface area contributed by atoms with Crippen molar-refractivity contribution in [3.05, 3.63) is 0 Å². The van der Waals surface area contributed by atoms with E-state index in [-0.39, 0.29) is 29.8 Å². The number of amides is 2. The van der Waals surface area contributed by atoms with Gasteiger partial charge in [0.25, 0.3) is 0 Å². The quantitative estimate of drug-likeness (QED) is 0.569. The third-order valence-electron chi connectivity index (χ3n) is 3.40. The Labute approximate surface area is 100 Å². The van der Waals surface area contributed by atoms with Gasteiger partial charge in [-0.2, -0.15) is 0 Å². The van der Waals surface area contributed by atoms with E-state index >= 15 is 0 Å². The highest BCUT2D eigenvalue weighted by Gasteiger charge is 2.34. The number of ether oxygens (including phenoxy) is 1. The van der Waals surface area contributed by atoms with E-state index in [0.717, 1.165) is 6.42 Å². The Morgan fingerprint density at radius 1 is 1.47 bits per heavy atom. The van der Waals surface area contributed by atoms with E-state index < -0.39 is 0 Å². The van der Waals surface area contributed by atoms with Gasteiger partial charge in [-0.3, -0.25) is 9.59 Å². The fourth-order valence-electron chi connectivity index (χ4n) is 2.26. The van der Waals surface area contributed by atoms with Gasteiger partial charge in [0.2, 0.25) is 11.8 Å². The molecule has 96 valence electrons. The molecule has 2 rings (SSSR count). The van der Waals surface area contributed by atoms with Gasteiger partial charge in [-0.1, -0.05) is 0 Å². The zero-order chi connectivity index (χ0) is 12.3. The molecule has 17 heavy (non-hydrogen) atoms. The molecule has 0 radical (unpaired) electrons. The maximum absolute atomic E-state index is 12.0. The van der Waals surface area contributed by atoms with Crippen LogP contribution in [0.15, 0.2) is 0 Å². The summed E-state index contributed by atoms with van der Waals surface area (Å²) < 4.78 is 5.29. The van der Waals surface area contributed by atoms with Crippen molar-refractivity contribution in [2.75, 3.05) is 26.8 Å². The number of likely N-dealkylation sites (N-methyl/N-ethyl adjacent to an activating group) is 1. The first-order chi connectivity index (χ1) is 8.20. The lowest BCUT2D eigenvalue weighted by molar-refractivity contribution is -0.128. The molecule has 3 unspecified atom stereocenters. The zero-order valence-electron chi connectivity index (χ0n) is 9.99. The molecule has 0 aromatic carbocycles. The molecule has 2 aliphatic heterocycles. The number of piperidine rings is 1. The normalized spacial score (nSPS) is 33.2. The van der Waals surface area contributed by atoms with Gasteiger partial charge in [-0.15, -0.1) is 0 Å². The molecule has 0 aromatic heterocycles. The minimum atomic E-state index is -0.127. The lowest BCUT2D eigenvalue weighted by Crippen LogP contribution is -2.51. The van der Waals surface area contributed by atoms with Crippen LogP contribution in [0.1, 0.15) is 12.8 Å². The fourth-order valence-corrected chi connectivity index (χ4v) is 2.26. The molecular weight excluding hydrogens is 222 g/mol. The molecule has 0 aromatic rings. The smallest absolute Gasteiger partial charge is 0.227 e. The Bertz CT molecular complexity index is 298. The SMILES string of the molecule is CNC1COCC1C(=O)NC1CCC(=O)NC1. The van der Waals surface area contributed by atoms with Gasteiger partial charge in [0.15, 0.2) is 0 Å². The maximum Gasteiger partial charge on any atom is 0.227 e. The second-order valence-corrected chi connectivity index (χ2v) is 4.59. The fraction of sp³-hybridized carbons (Fsp3) is 0.818. The lowest BCUT2D eigenvalue weighted by atomic mass is 10.0. The largest absolute Gasteiger partial charge is 0.379 e. The monoisotopic (exact) mass is 241 g/mol. The van der Waals surface area contributed by atoms with Crippen molar-refractivity contribution in [1.29, 1.82) is 0 Å². The van der Waals surface area contributed by atoms with Crippen molar-refractivity contribution in [2.45, 2.75) is 24.9 Å². The van der Waals surface area contributed by atoms with Crippen LogP contribution < -0.4 is 16.0 Å². The number of hydrogen-bond donors (Lipinski definition) is 3. The van der Waals surface area contributed by atoms with Crippen LogP contribution in [-0.2, 0) is 14.3 Å². The first kappa shape index (κ1) is 12.3. The molecular formula is C11H19N3O3. The number of nitrogens with one attached hydrogen (secondary N) is 3. The highest BCUT2D eigenvalue weighted by Crippen LogP contribution is 2.14. The predicted molar refractivity (Wildman–Crippen MR) is 61.3 cm³/mol. The van der Waals surface area contributed by atoms with Crippen LogP contribution in [0.2, 0.25) is 0 Å². The minimum absolute atomic E-state index is 0.0167. The van der Waals surface area contributed by atoms with Crippen molar-refractivity contribution in [3.8, 4) is 0 Å². The van der Waals surface area contributed by atoms with E-state index in [1.54, 1.807) is 0 Å². The highest BCUT2D eigenvalue weighted by molar-refractivity contribution is 5.81. The first-order valence-corrected chi connectivity index (χ1v) is 6.03. The van der Waals surface area contributed by atoms with E-state index in [2.05, 4.69) is 16.0 Å². The molecule has 2 saturated heterocycles. The summed E-state index contributed by atoms with van der Waals surface area (Å²) in [6.45, 7) is 1.58. The summed E-state index contributed by atoms with van der Waals surface area (Å²) in [7, 11) is 1.83. The molecule has 2 aliphatic rings. The topological polar surface area (TPSA) is 79.5 Å². The molecule has 2 amide bonds. The van der Waals surface area contributed by atoms with Crippen molar-refractivity contribution in [3.63, 3.8) is 0 Å². The molecule has 0 spiro atoms. The Morgan fingerprint density at radius 3 is 2.94 bits per heavy atom. The van der Waals surface area contributed by atoms with Gasteiger partial charge < -0.3 is 20.7 Å². The summed E-state index contributed by atoms with van der Waals surface area (Å²) in [6.07, 6.45) is 1.21. The summed E-state index contributed by atoms with van der Waals surface area (Å²) in [5, 5.41) is 8.81. The third kappa shape index (κ3) is 2.95. The van der Waals surface area contributed by atoms with Crippen LogP contribution in [0.25, 0.3) is 0 Å². The number of hydrogen-bond acceptors (Lipinski definition) is 4. The average Bonchev–Trinajstić information content (AvgIpc) is 2.80. The number of carbonyl (C=O) groups is 2. The first-order valence-electron chi connectivity index (χ1n) is 6.03. The van der Waals surface area contributed by atoms with E-state index in [9.17, 15) is 9.59 Å². The van der Waals surface area contributed by atoms with Crippen LogP contribution in [0.4, 0.5) is 0 Å². The Hall–Kier alpha value is -1.14. The number of rotatable bonds is 3. The summed E-state index contributed by atoms with van der Waals surface area (Å²) in [5.74, 6) is -0.0478. The standard InChI is InChI=1S/C11H19N3O3/c1-12-9-6-17-5-8(9)11(16)14-7-2-3-10(15)13-4-7/h7-9,12H,2-6H2,1H3,(H,13,15)(H,14,16). The highest BCUT2D eigenvalue weighted by atomic mass is 16.5. The van der Waals surface area contributed by atoms with Gasteiger partial charge >= 0.3 is 0 Å². The Kier molecular flexibility index (Phi) is 3.96. The zero-order valence-corrected chi connectivity index (χ0v) is 9.99. The Balaban J connectivity index is 1.82. The second kappa shape index (κ2) is 5.46. The average molecular weight is 241 g/mol. The lowest BCUT2D eigenvalue weighted by Gasteiger charge is -2.25. The molecule has 0 aliphatic carbocycles. The van der Waals surface area contributed by atoms with Crippen LogP contribution in [-0.4, -0.2) is 50.7 Å². The number of carbonyl (C=O) groups excluding carboxylic acids is 2. The van der Waals surface area contributed by atoms with Crippen LogP contribution >= 0.6 is 0 Å². The van der Waals surface area contributed by atoms with E-state index in [0.29, 0.717) is 26.2 Å². The predicted octanol–water partition coefficient (Wildman–Crippen LogP) is -1.38. The van der Waals surface area contributed by atoms with Gasteiger partial charge in [0.05, 0.1) is 19.1 Å². The molecule has 2 heterocycles. The minimum Gasteiger partial charge on any atom is -0.379 e. The van der Waals surface area contributed by atoms with E-state index in [1.807, 2.05) is 7.05 Å². The molecule has 2 fully saturated rings. The van der Waals surface area contributed by atoms with Crippen molar-refractivity contribution in [1.82, 2.24) is 16.0 Å². The third-order valence-corrected chi connectivity index (χ3v) is 3.40. The summed E-state index contributed by atoms with van der Waals surface area (Å²) in [6, 6.07) is 0.145. The van der Waals surface area contributed by atoms with Crippen molar-refractivity contribution >= 4 is 11.8 Å². The van der Waals surface area contributed by atoms with Crippen LogP contribution in [0.5, 0.6) is 0 Å². The Morgan fingerprint density at radius 2 is 2.29 bits per heavy atom. The van der Waals surface area contributed by atoms with E-state index in [1.165, 1.54) is 0 Å². The molecule has 3 atom stereocenters. The van der Waals surface area contributed by atoms with Crippen LogP contribution in [0, 0.1) is 5.92 Å². The van der Waals surface area contributed by atoms with Gasteiger partial charge in [0, 0.05) is 25.0 Å². The molecule has 3 N–H and O–H groups in total. The maximum atomic E-state index is 12.0. The summed E-state index contributed by atoms with van der Waals surface area (Å²) >= 11 is 0. The summed E-state index contributed by atoms with van der Waals surface area (Å²) in [4.78, 5) is 23.0. The van der Waals surface area contributed by atoms with Gasteiger partial charge in [0.1, 0.15) is 0 Å². The molecule has 0 saturated carbocycles. The summed E-state index contributed by atoms with van der Waals surface area (Å²) in [5.41, 5.74) is 0. The van der Waals surface area contributed by atoms with Crippen molar-refractivity contribution < 1.29 is 14.3 Å². The molecule has 6 heteroatoms. The van der Waals surface area contributed by atoms with E-state index in [4.69, 9.17) is 4.74 Å². The van der Waals surface area contributed by atoms with Crippen molar-refractivity contribution in [2.24, 2.45) is 5.92 Å². The van der Waals surface area contributed by atoms with Gasteiger partial charge in [-0.25, -0.2) is 0 Å². The second-order valence-electron chi connectivity index (χ2n) is 4.59. The van der Waals surface area contributed by atoms with Gasteiger partial charge in [-0.05, 0) is 13.5 Å². The molecule has 6 nitrogen and oxygen atoms in total. The molecule has 0 bridgehead atoms.